The van der Waals surface area contributed by atoms with E-state index in [1.165, 1.54) is 11.8 Å². The normalized spacial score (nSPS) is 13.8. The maximum Gasteiger partial charge on any atom is 0.283 e. The van der Waals surface area contributed by atoms with E-state index < -0.39 is 0 Å². The molecule has 0 atom stereocenters. The molecule has 0 bridgehead atoms. The van der Waals surface area contributed by atoms with Crippen molar-refractivity contribution in [1.29, 1.82) is 0 Å². The Labute approximate surface area is 184 Å². The zero-order valence-electron chi connectivity index (χ0n) is 17.1. The molecule has 1 aliphatic heterocycles. The molecule has 0 radical (unpaired) electrons. The number of aromatic nitrogens is 1. The number of amides is 1. The number of aryl methyl sites for hydroxylation is 1. The third kappa shape index (κ3) is 4.86. The summed E-state index contributed by atoms with van der Waals surface area (Å²) < 4.78 is 0. The van der Waals surface area contributed by atoms with Crippen LogP contribution in [0.15, 0.2) is 76.8 Å². The van der Waals surface area contributed by atoms with Crippen LogP contribution in [0, 0.1) is 17.0 Å². The van der Waals surface area contributed by atoms with Gasteiger partial charge in [0.05, 0.1) is 9.82 Å². The molecule has 158 valence electrons. The van der Waals surface area contributed by atoms with Gasteiger partial charge in [0.2, 0.25) is 0 Å². The lowest BCUT2D eigenvalue weighted by Crippen LogP contribution is -2.48. The fraction of sp³-hybridized carbons (Fsp3) is 0.217. The van der Waals surface area contributed by atoms with Crippen LogP contribution in [0.5, 0.6) is 0 Å². The number of carbonyl (C=O) groups excluding carboxylic acids is 1. The van der Waals surface area contributed by atoms with E-state index in [0.717, 1.165) is 11.3 Å². The first kappa shape index (κ1) is 20.9. The molecule has 7 nitrogen and oxygen atoms in total. The SMILES string of the molecule is Cc1ccc(C(=O)N2CCN(c3ccc([N+](=O)[O-])c(Sc4ccccn4)c3)CC2)cc1. The van der Waals surface area contributed by atoms with Crippen molar-refractivity contribution in [3.05, 3.63) is 88.1 Å². The number of piperazine rings is 1. The lowest BCUT2D eigenvalue weighted by molar-refractivity contribution is -0.387. The first-order valence-corrected chi connectivity index (χ1v) is 10.8. The smallest absolute Gasteiger partial charge is 0.283 e. The minimum atomic E-state index is -0.368. The van der Waals surface area contributed by atoms with Crippen molar-refractivity contribution in [3.8, 4) is 0 Å². The van der Waals surface area contributed by atoms with Crippen molar-refractivity contribution in [2.75, 3.05) is 31.1 Å². The van der Waals surface area contributed by atoms with Crippen LogP contribution in [-0.4, -0.2) is 46.9 Å². The Bertz CT molecular complexity index is 1080. The lowest BCUT2D eigenvalue weighted by Gasteiger charge is -2.36. The predicted octanol–water partition coefficient (Wildman–Crippen LogP) is 4.41. The largest absolute Gasteiger partial charge is 0.368 e. The van der Waals surface area contributed by atoms with Crippen molar-refractivity contribution in [1.82, 2.24) is 9.88 Å². The van der Waals surface area contributed by atoms with Gasteiger partial charge in [0, 0.05) is 49.7 Å². The molecule has 4 rings (SSSR count). The number of nitro benzene ring substituents is 1. The zero-order chi connectivity index (χ0) is 21.8. The summed E-state index contributed by atoms with van der Waals surface area (Å²) in [4.78, 5) is 32.7. The van der Waals surface area contributed by atoms with Gasteiger partial charge in [-0.05, 0) is 43.3 Å². The van der Waals surface area contributed by atoms with E-state index in [4.69, 9.17) is 0 Å². The van der Waals surface area contributed by atoms with Gasteiger partial charge in [-0.15, -0.1) is 0 Å². The molecule has 2 aromatic carbocycles. The zero-order valence-corrected chi connectivity index (χ0v) is 17.9. The third-order valence-corrected chi connectivity index (χ3v) is 6.22. The molecule has 1 aliphatic rings. The molecule has 0 saturated carbocycles. The Kier molecular flexibility index (Phi) is 6.18. The number of hydrogen-bond donors (Lipinski definition) is 0. The summed E-state index contributed by atoms with van der Waals surface area (Å²) in [5.41, 5.74) is 2.79. The maximum absolute atomic E-state index is 12.8. The Morgan fingerprint density at radius 2 is 1.77 bits per heavy atom. The van der Waals surface area contributed by atoms with Crippen molar-refractivity contribution in [3.63, 3.8) is 0 Å². The summed E-state index contributed by atoms with van der Waals surface area (Å²) in [5.74, 6) is 0.0368. The topological polar surface area (TPSA) is 79.6 Å². The van der Waals surface area contributed by atoms with Crippen molar-refractivity contribution >= 4 is 29.0 Å². The van der Waals surface area contributed by atoms with Gasteiger partial charge in [0.25, 0.3) is 11.6 Å². The molecule has 0 aliphatic carbocycles. The number of nitrogens with zero attached hydrogens (tertiary/aromatic N) is 4. The predicted molar refractivity (Wildman–Crippen MR) is 121 cm³/mol. The summed E-state index contributed by atoms with van der Waals surface area (Å²) in [6.07, 6.45) is 1.67. The van der Waals surface area contributed by atoms with E-state index in [9.17, 15) is 14.9 Å². The minimum Gasteiger partial charge on any atom is -0.368 e. The molecule has 1 fully saturated rings. The average Bonchev–Trinajstić information content (AvgIpc) is 2.80. The van der Waals surface area contributed by atoms with Crippen molar-refractivity contribution in [2.24, 2.45) is 0 Å². The summed E-state index contributed by atoms with van der Waals surface area (Å²) in [6, 6.07) is 18.3. The lowest BCUT2D eigenvalue weighted by atomic mass is 10.1. The summed E-state index contributed by atoms with van der Waals surface area (Å²) in [7, 11) is 0. The van der Waals surface area contributed by atoms with Crippen LogP contribution in [0.1, 0.15) is 15.9 Å². The molecular weight excluding hydrogens is 412 g/mol. The van der Waals surface area contributed by atoms with Crippen LogP contribution >= 0.6 is 11.8 Å². The Balaban J connectivity index is 1.48. The number of anilines is 1. The average molecular weight is 435 g/mol. The molecule has 3 aromatic rings. The highest BCUT2D eigenvalue weighted by Gasteiger charge is 2.24. The molecule has 1 saturated heterocycles. The van der Waals surface area contributed by atoms with E-state index in [-0.39, 0.29) is 16.5 Å². The second-order valence-corrected chi connectivity index (χ2v) is 8.39. The third-order valence-electron chi connectivity index (χ3n) is 5.22. The summed E-state index contributed by atoms with van der Waals surface area (Å²) >= 11 is 1.28. The van der Waals surface area contributed by atoms with Crippen molar-refractivity contribution < 1.29 is 9.72 Å². The van der Waals surface area contributed by atoms with Gasteiger partial charge in [-0.25, -0.2) is 4.98 Å². The van der Waals surface area contributed by atoms with Gasteiger partial charge in [0.1, 0.15) is 5.03 Å². The van der Waals surface area contributed by atoms with E-state index in [1.807, 2.05) is 60.4 Å². The van der Waals surface area contributed by atoms with Gasteiger partial charge in [-0.2, -0.15) is 0 Å². The molecule has 0 N–H and O–H groups in total. The molecular formula is C23H22N4O3S. The van der Waals surface area contributed by atoms with Crippen LogP contribution < -0.4 is 4.90 Å². The van der Waals surface area contributed by atoms with Crippen LogP contribution in [0.3, 0.4) is 0 Å². The molecule has 0 spiro atoms. The standard InChI is InChI=1S/C23H22N4O3S/c1-17-5-7-18(8-6-17)23(28)26-14-12-25(13-15-26)19-9-10-20(27(29)30)21(16-19)31-22-4-2-3-11-24-22/h2-11,16H,12-15H2,1H3. The molecule has 0 unspecified atom stereocenters. The fourth-order valence-corrected chi connectivity index (χ4v) is 4.41. The summed E-state index contributed by atoms with van der Waals surface area (Å²) in [5, 5.41) is 12.2. The van der Waals surface area contributed by atoms with Crippen LogP contribution in [0.4, 0.5) is 11.4 Å². The Hall–Kier alpha value is -3.39. The molecule has 1 aromatic heterocycles. The van der Waals surface area contributed by atoms with Gasteiger partial charge in [-0.1, -0.05) is 35.5 Å². The highest BCUT2D eigenvalue weighted by atomic mass is 32.2. The number of rotatable bonds is 5. The fourth-order valence-electron chi connectivity index (χ4n) is 3.50. The van der Waals surface area contributed by atoms with Crippen LogP contribution in [0.2, 0.25) is 0 Å². The molecule has 1 amide bonds. The monoisotopic (exact) mass is 434 g/mol. The first-order valence-electron chi connectivity index (χ1n) is 9.99. The molecule has 8 heteroatoms. The van der Waals surface area contributed by atoms with E-state index >= 15 is 0 Å². The van der Waals surface area contributed by atoms with Gasteiger partial charge in [-0.3, -0.25) is 14.9 Å². The Morgan fingerprint density at radius 1 is 1.03 bits per heavy atom. The van der Waals surface area contributed by atoms with Crippen molar-refractivity contribution in [2.45, 2.75) is 16.8 Å². The van der Waals surface area contributed by atoms with Gasteiger partial charge in [0.15, 0.2) is 0 Å². The number of hydrogen-bond acceptors (Lipinski definition) is 6. The minimum absolute atomic E-state index is 0.0368. The van der Waals surface area contributed by atoms with E-state index in [2.05, 4.69) is 9.88 Å². The highest BCUT2D eigenvalue weighted by Crippen LogP contribution is 2.36. The second-order valence-electron chi connectivity index (χ2n) is 7.32. The molecule has 31 heavy (non-hydrogen) atoms. The second kappa shape index (κ2) is 9.18. The van der Waals surface area contributed by atoms with E-state index in [0.29, 0.717) is 41.7 Å². The first-order chi connectivity index (χ1) is 15.0. The molecule has 2 heterocycles. The van der Waals surface area contributed by atoms with Gasteiger partial charge < -0.3 is 9.80 Å². The number of carbonyl (C=O) groups is 1. The Morgan fingerprint density at radius 3 is 2.42 bits per heavy atom. The number of nitro groups is 1. The van der Waals surface area contributed by atoms with Gasteiger partial charge >= 0.3 is 0 Å². The quantitative estimate of drug-likeness (QED) is 0.437. The highest BCUT2D eigenvalue weighted by molar-refractivity contribution is 7.99. The van der Waals surface area contributed by atoms with Crippen LogP contribution in [-0.2, 0) is 0 Å². The maximum atomic E-state index is 12.8. The number of pyridine rings is 1. The number of benzene rings is 2. The van der Waals surface area contributed by atoms with Crippen LogP contribution in [0.25, 0.3) is 0 Å². The van der Waals surface area contributed by atoms with E-state index in [1.54, 1.807) is 18.3 Å². The summed E-state index contributed by atoms with van der Waals surface area (Å²) in [6.45, 7) is 4.54.